The Morgan fingerprint density at radius 1 is 1.21 bits per heavy atom. The normalized spacial score (nSPS) is 12.5. The van der Waals surface area contributed by atoms with E-state index >= 15 is 0 Å². The van der Waals surface area contributed by atoms with Gasteiger partial charge in [0.2, 0.25) is 0 Å². The minimum absolute atomic E-state index is 0.342. The van der Waals surface area contributed by atoms with Crippen LogP contribution >= 0.6 is 0 Å². The maximum atomic E-state index is 14.1. The first-order chi connectivity index (χ1) is 9.10. The zero-order chi connectivity index (χ0) is 14.3. The van der Waals surface area contributed by atoms with Crippen molar-refractivity contribution in [1.29, 1.82) is 0 Å². The summed E-state index contributed by atoms with van der Waals surface area (Å²) in [5.41, 5.74) is 1.07. The number of methoxy groups -OCH3 is 2. The highest BCUT2D eigenvalue weighted by atomic mass is 19.1. The maximum Gasteiger partial charge on any atom is 0.146 e. The number of hydrogen-bond acceptors (Lipinski definition) is 4. The summed E-state index contributed by atoms with van der Waals surface area (Å²) in [7, 11) is 3.22. The maximum absolute atomic E-state index is 14.1. The van der Waals surface area contributed by atoms with Gasteiger partial charge in [0.05, 0.1) is 25.0 Å². The van der Waals surface area contributed by atoms with Crippen molar-refractivity contribution in [3.8, 4) is 0 Å². The van der Waals surface area contributed by atoms with Crippen LogP contribution in [0.4, 0.5) is 10.1 Å². The van der Waals surface area contributed by atoms with Gasteiger partial charge in [0.25, 0.3) is 0 Å². The van der Waals surface area contributed by atoms with Crippen molar-refractivity contribution >= 4 is 5.69 Å². The Morgan fingerprint density at radius 2 is 1.79 bits per heavy atom. The van der Waals surface area contributed by atoms with Crippen molar-refractivity contribution in [2.75, 3.05) is 45.4 Å². The highest BCUT2D eigenvalue weighted by molar-refractivity contribution is 5.49. The molecule has 0 radical (unpaired) electrons. The Morgan fingerprint density at radius 3 is 2.21 bits per heavy atom. The molecule has 0 fully saturated rings. The second-order valence-electron chi connectivity index (χ2n) is 4.36. The summed E-state index contributed by atoms with van der Waals surface area (Å²) in [6.45, 7) is 3.82. The van der Waals surface area contributed by atoms with E-state index < -0.39 is 6.10 Å². The molecule has 4 nitrogen and oxygen atoms in total. The second-order valence-corrected chi connectivity index (χ2v) is 4.36. The fraction of sp³-hybridized carbons (Fsp3) is 0.571. The number of rotatable bonds is 8. The van der Waals surface area contributed by atoms with Gasteiger partial charge < -0.3 is 19.5 Å². The predicted molar refractivity (Wildman–Crippen MR) is 73.0 cm³/mol. The third-order valence-corrected chi connectivity index (χ3v) is 2.93. The molecule has 0 saturated heterocycles. The van der Waals surface area contributed by atoms with Crippen molar-refractivity contribution in [3.05, 3.63) is 29.6 Å². The van der Waals surface area contributed by atoms with Crippen LogP contribution in [0.2, 0.25) is 0 Å². The van der Waals surface area contributed by atoms with Crippen LogP contribution in [0.25, 0.3) is 0 Å². The molecule has 1 rings (SSSR count). The Kier molecular flexibility index (Phi) is 6.77. The van der Waals surface area contributed by atoms with Gasteiger partial charge in [-0.2, -0.15) is 0 Å². The first-order valence-corrected chi connectivity index (χ1v) is 6.30. The van der Waals surface area contributed by atoms with E-state index in [4.69, 9.17) is 9.47 Å². The summed E-state index contributed by atoms with van der Waals surface area (Å²) in [4.78, 5) is 1.87. The number of anilines is 1. The molecule has 0 saturated carbocycles. The Labute approximate surface area is 113 Å². The highest BCUT2D eigenvalue weighted by Crippen LogP contribution is 2.23. The molecule has 1 atom stereocenters. The van der Waals surface area contributed by atoms with E-state index in [1.54, 1.807) is 33.3 Å². The molecular weight excluding hydrogens is 249 g/mol. The molecule has 0 spiro atoms. The summed E-state index contributed by atoms with van der Waals surface area (Å²) in [6.07, 6.45) is -0.671. The van der Waals surface area contributed by atoms with E-state index in [1.807, 2.05) is 4.90 Å². The number of benzene rings is 1. The monoisotopic (exact) mass is 271 g/mol. The van der Waals surface area contributed by atoms with Crippen molar-refractivity contribution in [1.82, 2.24) is 0 Å². The summed E-state index contributed by atoms with van der Waals surface area (Å²) < 4.78 is 24.1. The van der Waals surface area contributed by atoms with E-state index in [0.29, 0.717) is 37.6 Å². The molecule has 5 heteroatoms. The van der Waals surface area contributed by atoms with Crippen LogP contribution in [0.3, 0.4) is 0 Å². The molecule has 0 aliphatic carbocycles. The number of halogens is 1. The third kappa shape index (κ3) is 4.78. The van der Waals surface area contributed by atoms with Gasteiger partial charge in [0, 0.05) is 27.3 Å². The van der Waals surface area contributed by atoms with E-state index in [9.17, 15) is 9.50 Å². The molecule has 1 unspecified atom stereocenters. The Hall–Kier alpha value is -1.17. The van der Waals surface area contributed by atoms with Crippen LogP contribution in [0.15, 0.2) is 18.2 Å². The fourth-order valence-electron chi connectivity index (χ4n) is 1.80. The third-order valence-electron chi connectivity index (χ3n) is 2.93. The van der Waals surface area contributed by atoms with Crippen LogP contribution in [-0.4, -0.2) is 45.6 Å². The quantitative estimate of drug-likeness (QED) is 0.785. The van der Waals surface area contributed by atoms with Gasteiger partial charge in [-0.05, 0) is 24.6 Å². The number of nitrogens with zero attached hydrogens (tertiary/aromatic N) is 1. The summed E-state index contributed by atoms with van der Waals surface area (Å²) in [5, 5.41) is 9.44. The lowest BCUT2D eigenvalue weighted by Crippen LogP contribution is -2.31. The standard InChI is InChI=1S/C14H22FNO3/c1-11(17)12-4-5-14(13(15)10-12)16(6-8-18-2)7-9-19-3/h4-5,10-11,17H,6-9H2,1-3H3. The highest BCUT2D eigenvalue weighted by Gasteiger charge is 2.13. The molecule has 0 aromatic heterocycles. The SMILES string of the molecule is COCCN(CCOC)c1ccc(C(C)O)cc1F. The van der Waals surface area contributed by atoms with E-state index in [0.717, 1.165) is 0 Å². The van der Waals surface area contributed by atoms with Crippen LogP contribution in [0.1, 0.15) is 18.6 Å². The van der Waals surface area contributed by atoms with E-state index in [-0.39, 0.29) is 5.82 Å². The zero-order valence-electron chi connectivity index (χ0n) is 11.7. The van der Waals surface area contributed by atoms with Crippen LogP contribution in [0, 0.1) is 5.82 Å². The first-order valence-electron chi connectivity index (χ1n) is 6.30. The number of ether oxygens (including phenoxy) is 2. The number of aliphatic hydroxyl groups is 1. The van der Waals surface area contributed by atoms with Crippen molar-refractivity contribution in [2.45, 2.75) is 13.0 Å². The molecule has 1 aromatic rings. The summed E-state index contributed by atoms with van der Waals surface area (Å²) in [6, 6.07) is 4.78. The summed E-state index contributed by atoms with van der Waals surface area (Å²) in [5.74, 6) is -0.342. The molecule has 1 N–H and O–H groups in total. The van der Waals surface area contributed by atoms with Gasteiger partial charge in [0.15, 0.2) is 0 Å². The van der Waals surface area contributed by atoms with Gasteiger partial charge in [-0.1, -0.05) is 6.07 Å². The second kappa shape index (κ2) is 8.09. The molecule has 0 bridgehead atoms. The lowest BCUT2D eigenvalue weighted by molar-refractivity contribution is 0.189. The average Bonchev–Trinajstić information content (AvgIpc) is 2.39. The van der Waals surface area contributed by atoms with E-state index in [1.165, 1.54) is 6.07 Å². The van der Waals surface area contributed by atoms with Crippen LogP contribution in [-0.2, 0) is 9.47 Å². The minimum Gasteiger partial charge on any atom is -0.389 e. The molecule has 108 valence electrons. The fourth-order valence-corrected chi connectivity index (χ4v) is 1.80. The van der Waals surface area contributed by atoms with Gasteiger partial charge in [-0.15, -0.1) is 0 Å². The van der Waals surface area contributed by atoms with Gasteiger partial charge in [-0.25, -0.2) is 4.39 Å². The Bertz CT molecular complexity index is 377. The molecule has 1 aromatic carbocycles. The molecule has 0 amide bonds. The smallest absolute Gasteiger partial charge is 0.146 e. The molecule has 0 heterocycles. The Balaban J connectivity index is 2.87. The van der Waals surface area contributed by atoms with Crippen molar-refractivity contribution < 1.29 is 19.0 Å². The van der Waals surface area contributed by atoms with Crippen LogP contribution < -0.4 is 4.90 Å². The molecule has 0 aliphatic rings. The van der Waals surface area contributed by atoms with E-state index in [2.05, 4.69) is 0 Å². The predicted octanol–water partition coefficient (Wildman–Crippen LogP) is 1.98. The topological polar surface area (TPSA) is 41.9 Å². The lowest BCUT2D eigenvalue weighted by atomic mass is 10.1. The first kappa shape index (κ1) is 15.9. The van der Waals surface area contributed by atoms with Crippen molar-refractivity contribution in [3.63, 3.8) is 0 Å². The molecular formula is C14H22FNO3. The number of aliphatic hydroxyl groups excluding tert-OH is 1. The van der Waals surface area contributed by atoms with Gasteiger partial charge in [-0.3, -0.25) is 0 Å². The van der Waals surface area contributed by atoms with Gasteiger partial charge in [0.1, 0.15) is 5.82 Å². The molecule has 19 heavy (non-hydrogen) atoms. The lowest BCUT2D eigenvalue weighted by Gasteiger charge is -2.25. The van der Waals surface area contributed by atoms with Gasteiger partial charge >= 0.3 is 0 Å². The number of hydrogen-bond donors (Lipinski definition) is 1. The molecule has 0 aliphatic heterocycles. The largest absolute Gasteiger partial charge is 0.389 e. The van der Waals surface area contributed by atoms with Crippen LogP contribution in [0.5, 0.6) is 0 Å². The average molecular weight is 271 g/mol. The minimum atomic E-state index is -0.671. The summed E-state index contributed by atoms with van der Waals surface area (Å²) >= 11 is 0. The zero-order valence-corrected chi connectivity index (χ0v) is 11.7. The van der Waals surface area contributed by atoms with Crippen molar-refractivity contribution in [2.24, 2.45) is 0 Å².